The van der Waals surface area contributed by atoms with E-state index in [1.807, 2.05) is 6.92 Å². The number of ether oxygens (including phenoxy) is 1. The van der Waals surface area contributed by atoms with Gasteiger partial charge < -0.3 is 20.5 Å². The van der Waals surface area contributed by atoms with Gasteiger partial charge in [0.2, 0.25) is 0 Å². The average Bonchev–Trinajstić information content (AvgIpc) is 2.36. The van der Waals surface area contributed by atoms with E-state index in [1.165, 1.54) is 19.4 Å². The lowest BCUT2D eigenvalue weighted by atomic mass is 10.2. The standard InChI is InChI=1S/C11H17N3O3/c1-3-14(6-7-15)10-9(12)8(4-5-13-10)11(16)17-2/h4-5,15H,3,6-7,12H2,1-2H3. The number of aliphatic hydroxyl groups excluding tert-OH is 1. The van der Waals surface area contributed by atoms with Gasteiger partial charge >= 0.3 is 5.97 Å². The van der Waals surface area contributed by atoms with E-state index in [2.05, 4.69) is 9.72 Å². The van der Waals surface area contributed by atoms with Gasteiger partial charge in [0, 0.05) is 19.3 Å². The average molecular weight is 239 g/mol. The number of rotatable bonds is 5. The zero-order chi connectivity index (χ0) is 12.8. The van der Waals surface area contributed by atoms with Gasteiger partial charge in [0.05, 0.1) is 25.0 Å². The lowest BCUT2D eigenvalue weighted by Crippen LogP contribution is -2.28. The molecule has 0 saturated heterocycles. The predicted octanol–water partition coefficient (Wildman–Crippen LogP) is 0.269. The molecule has 0 radical (unpaired) electrons. The van der Waals surface area contributed by atoms with Crippen LogP contribution in [0.3, 0.4) is 0 Å². The Morgan fingerprint density at radius 1 is 1.65 bits per heavy atom. The number of esters is 1. The first-order valence-electron chi connectivity index (χ1n) is 5.34. The van der Waals surface area contributed by atoms with Gasteiger partial charge in [0.1, 0.15) is 0 Å². The number of carbonyl (C=O) groups excluding carboxylic acids is 1. The highest BCUT2D eigenvalue weighted by atomic mass is 16.5. The summed E-state index contributed by atoms with van der Waals surface area (Å²) in [5.41, 5.74) is 6.44. The maximum atomic E-state index is 11.5. The Morgan fingerprint density at radius 2 is 2.35 bits per heavy atom. The van der Waals surface area contributed by atoms with E-state index in [-0.39, 0.29) is 17.9 Å². The first-order chi connectivity index (χ1) is 8.15. The molecule has 6 nitrogen and oxygen atoms in total. The van der Waals surface area contributed by atoms with Crippen molar-refractivity contribution in [1.29, 1.82) is 0 Å². The summed E-state index contributed by atoms with van der Waals surface area (Å²) < 4.78 is 4.63. The summed E-state index contributed by atoms with van der Waals surface area (Å²) in [5, 5.41) is 8.94. The van der Waals surface area contributed by atoms with E-state index in [0.29, 0.717) is 18.9 Å². The molecule has 0 spiro atoms. The van der Waals surface area contributed by atoms with Crippen molar-refractivity contribution in [1.82, 2.24) is 4.98 Å². The molecule has 1 heterocycles. The van der Waals surface area contributed by atoms with Crippen LogP contribution in [0.1, 0.15) is 17.3 Å². The monoisotopic (exact) mass is 239 g/mol. The van der Waals surface area contributed by atoms with E-state index in [0.717, 1.165) is 0 Å². The van der Waals surface area contributed by atoms with Crippen LogP contribution in [0.2, 0.25) is 0 Å². The van der Waals surface area contributed by atoms with E-state index in [1.54, 1.807) is 4.90 Å². The Balaban J connectivity index is 3.12. The highest BCUT2D eigenvalue weighted by Gasteiger charge is 2.17. The quantitative estimate of drug-likeness (QED) is 0.717. The first-order valence-corrected chi connectivity index (χ1v) is 5.34. The van der Waals surface area contributed by atoms with E-state index in [4.69, 9.17) is 10.8 Å². The first kappa shape index (κ1) is 13.2. The van der Waals surface area contributed by atoms with Gasteiger partial charge in [0.15, 0.2) is 5.82 Å². The van der Waals surface area contributed by atoms with Gasteiger partial charge in [-0.1, -0.05) is 0 Å². The Labute approximate surface area is 100 Å². The molecule has 0 aromatic carbocycles. The smallest absolute Gasteiger partial charge is 0.340 e. The zero-order valence-electron chi connectivity index (χ0n) is 10.0. The number of anilines is 2. The molecule has 0 aliphatic rings. The molecule has 0 amide bonds. The fourth-order valence-corrected chi connectivity index (χ4v) is 1.54. The molecule has 1 rings (SSSR count). The molecule has 1 aromatic heterocycles. The molecule has 0 aliphatic heterocycles. The van der Waals surface area contributed by atoms with E-state index in [9.17, 15) is 4.79 Å². The molecular weight excluding hydrogens is 222 g/mol. The van der Waals surface area contributed by atoms with Gasteiger partial charge in [-0.15, -0.1) is 0 Å². The Hall–Kier alpha value is -1.82. The van der Waals surface area contributed by atoms with Crippen LogP contribution in [-0.2, 0) is 4.74 Å². The SMILES string of the molecule is CCN(CCO)c1nccc(C(=O)OC)c1N. The maximum absolute atomic E-state index is 11.5. The van der Waals surface area contributed by atoms with Crippen molar-refractivity contribution in [2.45, 2.75) is 6.92 Å². The second-order valence-corrected chi connectivity index (χ2v) is 3.39. The van der Waals surface area contributed by atoms with Gasteiger partial charge in [-0.3, -0.25) is 0 Å². The number of carbonyl (C=O) groups is 1. The molecular formula is C11H17N3O3. The third-order valence-corrected chi connectivity index (χ3v) is 2.43. The fraction of sp³-hybridized carbons (Fsp3) is 0.455. The lowest BCUT2D eigenvalue weighted by Gasteiger charge is -2.22. The van der Waals surface area contributed by atoms with Gasteiger partial charge in [-0.25, -0.2) is 9.78 Å². The molecule has 17 heavy (non-hydrogen) atoms. The minimum Gasteiger partial charge on any atom is -0.465 e. The summed E-state index contributed by atoms with van der Waals surface area (Å²) >= 11 is 0. The zero-order valence-corrected chi connectivity index (χ0v) is 10.0. The summed E-state index contributed by atoms with van der Waals surface area (Å²) in [6.45, 7) is 2.97. The second-order valence-electron chi connectivity index (χ2n) is 3.39. The number of nitrogen functional groups attached to an aromatic ring is 1. The molecule has 0 atom stereocenters. The van der Waals surface area contributed by atoms with Crippen molar-refractivity contribution in [2.24, 2.45) is 0 Å². The Bertz CT molecular complexity index is 396. The van der Waals surface area contributed by atoms with Crippen LogP contribution in [-0.4, -0.2) is 42.9 Å². The van der Waals surface area contributed by atoms with Crippen LogP contribution in [0.25, 0.3) is 0 Å². The Kier molecular flexibility index (Phi) is 4.71. The molecule has 3 N–H and O–H groups in total. The summed E-state index contributed by atoms with van der Waals surface area (Å²) in [5.74, 6) is -0.00403. The molecule has 1 aromatic rings. The number of likely N-dealkylation sites (N-methyl/N-ethyl adjacent to an activating group) is 1. The predicted molar refractivity (Wildman–Crippen MR) is 65.0 cm³/mol. The van der Waals surface area contributed by atoms with Crippen molar-refractivity contribution in [3.63, 3.8) is 0 Å². The van der Waals surface area contributed by atoms with Gasteiger partial charge in [0.25, 0.3) is 0 Å². The van der Waals surface area contributed by atoms with Crippen molar-refractivity contribution in [3.05, 3.63) is 17.8 Å². The van der Waals surface area contributed by atoms with E-state index >= 15 is 0 Å². The third-order valence-electron chi connectivity index (χ3n) is 2.43. The van der Waals surface area contributed by atoms with Crippen LogP contribution in [0.15, 0.2) is 12.3 Å². The molecule has 6 heteroatoms. The number of pyridine rings is 1. The highest BCUT2D eigenvalue weighted by molar-refractivity contribution is 5.97. The van der Waals surface area contributed by atoms with Crippen LogP contribution >= 0.6 is 0 Å². The number of aliphatic hydroxyl groups is 1. The molecule has 94 valence electrons. The molecule has 0 saturated carbocycles. The van der Waals surface area contributed by atoms with Gasteiger partial charge in [-0.05, 0) is 13.0 Å². The molecule has 0 aliphatic carbocycles. The van der Waals surface area contributed by atoms with Crippen molar-refractivity contribution in [3.8, 4) is 0 Å². The number of hydrogen-bond donors (Lipinski definition) is 2. The van der Waals surface area contributed by atoms with Crippen LogP contribution in [0.4, 0.5) is 11.5 Å². The summed E-state index contributed by atoms with van der Waals surface area (Å²) in [7, 11) is 1.30. The lowest BCUT2D eigenvalue weighted by molar-refractivity contribution is 0.0602. The molecule has 0 bridgehead atoms. The van der Waals surface area contributed by atoms with Crippen molar-refractivity contribution in [2.75, 3.05) is 37.4 Å². The number of methoxy groups -OCH3 is 1. The van der Waals surface area contributed by atoms with Crippen LogP contribution in [0, 0.1) is 0 Å². The maximum Gasteiger partial charge on any atom is 0.340 e. The normalized spacial score (nSPS) is 10.1. The topological polar surface area (TPSA) is 88.7 Å². The largest absolute Gasteiger partial charge is 0.465 e. The van der Waals surface area contributed by atoms with Gasteiger partial charge in [-0.2, -0.15) is 0 Å². The minimum absolute atomic E-state index is 0.00257. The Morgan fingerprint density at radius 3 is 2.88 bits per heavy atom. The highest BCUT2D eigenvalue weighted by Crippen LogP contribution is 2.24. The number of aromatic nitrogens is 1. The number of hydrogen-bond acceptors (Lipinski definition) is 6. The van der Waals surface area contributed by atoms with E-state index < -0.39 is 5.97 Å². The van der Waals surface area contributed by atoms with Crippen LogP contribution in [0.5, 0.6) is 0 Å². The molecule has 0 fully saturated rings. The summed E-state index contributed by atoms with van der Waals surface area (Å²) in [6.07, 6.45) is 1.50. The van der Waals surface area contributed by atoms with Crippen LogP contribution < -0.4 is 10.6 Å². The third kappa shape index (κ3) is 2.85. The van der Waals surface area contributed by atoms with Crippen molar-refractivity contribution >= 4 is 17.5 Å². The fourth-order valence-electron chi connectivity index (χ4n) is 1.54. The van der Waals surface area contributed by atoms with Crippen molar-refractivity contribution < 1.29 is 14.6 Å². The molecule has 0 unspecified atom stereocenters. The number of nitrogens with two attached hydrogens (primary N) is 1. The summed E-state index contributed by atoms with van der Waals surface area (Å²) in [6, 6.07) is 1.51. The summed E-state index contributed by atoms with van der Waals surface area (Å²) in [4.78, 5) is 17.4. The second kappa shape index (κ2) is 6.05. The minimum atomic E-state index is -0.494. The number of nitrogens with zero attached hydrogens (tertiary/aromatic N) is 2.